The number of rotatable bonds is 5. The van der Waals surface area contributed by atoms with Crippen LogP contribution >= 0.6 is 11.3 Å². The highest BCUT2D eigenvalue weighted by Gasteiger charge is 2.11. The molecule has 4 heteroatoms. The van der Waals surface area contributed by atoms with Crippen LogP contribution in [-0.4, -0.2) is 24.9 Å². The zero-order valence-electron chi connectivity index (χ0n) is 12.1. The van der Waals surface area contributed by atoms with Crippen LogP contribution in [0.3, 0.4) is 0 Å². The number of carbonyl (C=O) groups is 1. The fraction of sp³-hybridized carbons (Fsp3) is 0.312. The molecule has 1 N–H and O–H groups in total. The molecule has 0 spiro atoms. The number of nitrogens with one attached hydrogen (secondary N) is 1. The molecule has 106 valence electrons. The maximum absolute atomic E-state index is 12.1. The van der Waals surface area contributed by atoms with Crippen LogP contribution < -0.4 is 5.32 Å². The van der Waals surface area contributed by atoms with Gasteiger partial charge in [0, 0.05) is 13.1 Å². The van der Waals surface area contributed by atoms with E-state index in [1.165, 1.54) is 22.5 Å². The maximum Gasteiger partial charge on any atom is 0.261 e. The molecule has 1 amide bonds. The molecule has 1 heterocycles. The summed E-state index contributed by atoms with van der Waals surface area (Å²) in [6.07, 6.45) is 0. The maximum atomic E-state index is 12.1. The van der Waals surface area contributed by atoms with Crippen molar-refractivity contribution in [2.24, 2.45) is 0 Å². The molecule has 0 aliphatic rings. The molecule has 0 atom stereocenters. The first-order valence-corrected chi connectivity index (χ1v) is 7.49. The van der Waals surface area contributed by atoms with Crippen molar-refractivity contribution in [1.29, 1.82) is 0 Å². The Morgan fingerprint density at radius 2 is 1.90 bits per heavy atom. The van der Waals surface area contributed by atoms with Crippen molar-refractivity contribution in [2.45, 2.75) is 20.0 Å². The van der Waals surface area contributed by atoms with E-state index >= 15 is 0 Å². The number of thiophene rings is 1. The fourth-order valence-corrected chi connectivity index (χ4v) is 2.93. The number of hydrogen-bond acceptors (Lipinski definition) is 3. The molecule has 0 bridgehead atoms. The smallest absolute Gasteiger partial charge is 0.261 e. The van der Waals surface area contributed by atoms with E-state index in [1.54, 1.807) is 0 Å². The lowest BCUT2D eigenvalue weighted by atomic mass is 10.1. The van der Waals surface area contributed by atoms with Gasteiger partial charge in [0.2, 0.25) is 0 Å². The number of nitrogens with zero attached hydrogens (tertiary/aromatic N) is 1. The average Bonchev–Trinajstić information content (AvgIpc) is 2.83. The highest BCUT2D eigenvalue weighted by atomic mass is 32.1. The summed E-state index contributed by atoms with van der Waals surface area (Å²) < 4.78 is 0. The van der Waals surface area contributed by atoms with Gasteiger partial charge in [0.05, 0.1) is 4.88 Å². The first kappa shape index (κ1) is 14.8. The number of benzene rings is 1. The summed E-state index contributed by atoms with van der Waals surface area (Å²) in [5.74, 6) is 0.0113. The van der Waals surface area contributed by atoms with E-state index in [0.717, 1.165) is 17.0 Å². The fourth-order valence-electron chi connectivity index (χ4n) is 2.09. The Kier molecular flexibility index (Phi) is 4.93. The van der Waals surface area contributed by atoms with Crippen molar-refractivity contribution in [3.63, 3.8) is 0 Å². The summed E-state index contributed by atoms with van der Waals surface area (Å²) in [7, 11) is 4.09. The molecule has 1 aromatic heterocycles. The normalized spacial score (nSPS) is 10.8. The number of amides is 1. The van der Waals surface area contributed by atoms with Crippen molar-refractivity contribution < 1.29 is 4.79 Å². The van der Waals surface area contributed by atoms with Gasteiger partial charge >= 0.3 is 0 Å². The van der Waals surface area contributed by atoms with Crippen LogP contribution in [-0.2, 0) is 13.1 Å². The monoisotopic (exact) mass is 288 g/mol. The highest BCUT2D eigenvalue weighted by Crippen LogP contribution is 2.16. The summed E-state index contributed by atoms with van der Waals surface area (Å²) in [5, 5.41) is 4.96. The van der Waals surface area contributed by atoms with E-state index in [0.29, 0.717) is 6.54 Å². The molecule has 0 saturated carbocycles. The standard InChI is InChI=1S/C16H20N2OS/c1-12-8-9-20-15(12)16(19)17-10-13-6-4-5-7-14(13)11-18(2)3/h4-9H,10-11H2,1-3H3,(H,17,19). The predicted molar refractivity (Wildman–Crippen MR) is 84.1 cm³/mol. The van der Waals surface area contributed by atoms with E-state index in [1.807, 2.05) is 44.6 Å². The van der Waals surface area contributed by atoms with Crippen LogP contribution in [0, 0.1) is 6.92 Å². The molecular formula is C16H20N2OS. The van der Waals surface area contributed by atoms with E-state index in [2.05, 4.69) is 22.3 Å². The molecule has 2 aromatic rings. The lowest BCUT2D eigenvalue weighted by Gasteiger charge is -2.14. The minimum Gasteiger partial charge on any atom is -0.347 e. The van der Waals surface area contributed by atoms with E-state index in [4.69, 9.17) is 0 Å². The molecule has 1 aromatic carbocycles. The molecule has 2 rings (SSSR count). The van der Waals surface area contributed by atoms with Gasteiger partial charge in [0.25, 0.3) is 5.91 Å². The molecule has 0 radical (unpaired) electrons. The minimum absolute atomic E-state index is 0.0113. The van der Waals surface area contributed by atoms with Crippen LogP contribution in [0.15, 0.2) is 35.7 Å². The van der Waals surface area contributed by atoms with Gasteiger partial charge in [-0.3, -0.25) is 4.79 Å². The molecule has 20 heavy (non-hydrogen) atoms. The predicted octanol–water partition coefficient (Wildman–Crippen LogP) is 3.05. The van der Waals surface area contributed by atoms with E-state index < -0.39 is 0 Å². The zero-order chi connectivity index (χ0) is 14.5. The lowest BCUT2D eigenvalue weighted by Crippen LogP contribution is -2.23. The summed E-state index contributed by atoms with van der Waals surface area (Å²) in [6, 6.07) is 10.2. The van der Waals surface area contributed by atoms with Crippen LogP contribution in [0.2, 0.25) is 0 Å². The first-order valence-electron chi connectivity index (χ1n) is 6.61. The number of carbonyl (C=O) groups excluding carboxylic acids is 1. The van der Waals surface area contributed by atoms with Crippen LogP contribution in [0.25, 0.3) is 0 Å². The third kappa shape index (κ3) is 3.68. The van der Waals surface area contributed by atoms with Gasteiger partial charge in [0.1, 0.15) is 0 Å². The Balaban J connectivity index is 2.04. The van der Waals surface area contributed by atoms with Gasteiger partial charge in [-0.05, 0) is 49.2 Å². The molecular weight excluding hydrogens is 268 g/mol. The second-order valence-electron chi connectivity index (χ2n) is 5.12. The topological polar surface area (TPSA) is 32.3 Å². The molecule has 0 fully saturated rings. The van der Waals surface area contributed by atoms with Crippen molar-refractivity contribution in [2.75, 3.05) is 14.1 Å². The summed E-state index contributed by atoms with van der Waals surface area (Å²) in [5.41, 5.74) is 3.46. The van der Waals surface area contributed by atoms with Gasteiger partial charge in [-0.15, -0.1) is 11.3 Å². The Morgan fingerprint density at radius 1 is 1.20 bits per heavy atom. The second-order valence-corrected chi connectivity index (χ2v) is 6.04. The summed E-state index contributed by atoms with van der Waals surface area (Å²) in [4.78, 5) is 15.1. The molecule has 3 nitrogen and oxygen atoms in total. The largest absolute Gasteiger partial charge is 0.347 e. The van der Waals surface area contributed by atoms with Crippen LogP contribution in [0.1, 0.15) is 26.4 Å². The zero-order valence-corrected chi connectivity index (χ0v) is 13.0. The number of aryl methyl sites for hydroxylation is 1. The average molecular weight is 288 g/mol. The Bertz CT molecular complexity index is 590. The third-order valence-corrected chi connectivity index (χ3v) is 4.13. The second kappa shape index (κ2) is 6.68. The van der Waals surface area contributed by atoms with Gasteiger partial charge in [-0.2, -0.15) is 0 Å². The van der Waals surface area contributed by atoms with Crippen molar-refractivity contribution in [3.8, 4) is 0 Å². The van der Waals surface area contributed by atoms with Crippen molar-refractivity contribution >= 4 is 17.2 Å². The summed E-state index contributed by atoms with van der Waals surface area (Å²) >= 11 is 1.49. The third-order valence-electron chi connectivity index (χ3n) is 3.11. The minimum atomic E-state index is 0.0113. The molecule has 0 saturated heterocycles. The Labute approximate surface area is 124 Å². The van der Waals surface area contributed by atoms with Crippen molar-refractivity contribution in [1.82, 2.24) is 10.2 Å². The van der Waals surface area contributed by atoms with Crippen molar-refractivity contribution in [3.05, 3.63) is 57.3 Å². The SMILES string of the molecule is Cc1ccsc1C(=O)NCc1ccccc1CN(C)C. The Hall–Kier alpha value is -1.65. The molecule has 0 aliphatic heterocycles. The first-order chi connectivity index (χ1) is 9.58. The highest BCUT2D eigenvalue weighted by molar-refractivity contribution is 7.12. The lowest BCUT2D eigenvalue weighted by molar-refractivity contribution is 0.0954. The van der Waals surface area contributed by atoms with Gasteiger partial charge < -0.3 is 10.2 Å². The Morgan fingerprint density at radius 3 is 2.50 bits per heavy atom. The van der Waals surface area contributed by atoms with E-state index in [9.17, 15) is 4.79 Å². The van der Waals surface area contributed by atoms with Gasteiger partial charge in [-0.1, -0.05) is 24.3 Å². The molecule has 0 unspecified atom stereocenters. The quantitative estimate of drug-likeness (QED) is 0.917. The van der Waals surface area contributed by atoms with Gasteiger partial charge in [-0.25, -0.2) is 0 Å². The molecule has 0 aliphatic carbocycles. The van der Waals surface area contributed by atoms with Crippen LogP contribution in [0.4, 0.5) is 0 Å². The summed E-state index contributed by atoms with van der Waals surface area (Å²) in [6.45, 7) is 3.41. The number of hydrogen-bond donors (Lipinski definition) is 1. The van der Waals surface area contributed by atoms with Crippen LogP contribution in [0.5, 0.6) is 0 Å². The van der Waals surface area contributed by atoms with Gasteiger partial charge in [0.15, 0.2) is 0 Å². The van der Waals surface area contributed by atoms with E-state index in [-0.39, 0.29) is 5.91 Å².